The fraction of sp³-hybridized carbons (Fsp3) is 1.00. The van der Waals surface area contributed by atoms with E-state index >= 15 is 0 Å². The number of unbranched alkanes of at least 4 members (excludes halogenated alkanes) is 9. The van der Waals surface area contributed by atoms with Gasteiger partial charge in [0.2, 0.25) is 0 Å². The number of hydrogen-bond donors (Lipinski definition) is 4. The molecular formula is C14H33NO6P2. The lowest BCUT2D eigenvalue weighted by molar-refractivity contribution is 0.273. The van der Waals surface area contributed by atoms with Crippen LogP contribution in [-0.4, -0.2) is 43.6 Å². The fourth-order valence-corrected chi connectivity index (χ4v) is 4.21. The standard InChI is InChI=1S/C14H33NO6P2/c1-2-3-4-5-6-7-8-9-10-11-12-15(13-22(16,17)18)14-23(19,20)21/h2-14H2,1H3,(H2,16,17,18)(H2,19,20,21). The summed E-state index contributed by atoms with van der Waals surface area (Å²) in [6.07, 6.45) is 10.2. The largest absolute Gasteiger partial charge is 0.339 e. The van der Waals surface area contributed by atoms with Crippen molar-refractivity contribution in [1.29, 1.82) is 0 Å². The van der Waals surface area contributed by atoms with Gasteiger partial charge in [0, 0.05) is 0 Å². The predicted octanol–water partition coefficient (Wildman–Crippen LogP) is 3.48. The minimum absolute atomic E-state index is 0.298. The Hall–Kier alpha value is 0.260. The summed E-state index contributed by atoms with van der Waals surface area (Å²) in [7, 11) is -8.61. The Morgan fingerprint density at radius 3 is 1.35 bits per heavy atom. The van der Waals surface area contributed by atoms with E-state index in [2.05, 4.69) is 6.92 Å². The highest BCUT2D eigenvalue weighted by Gasteiger charge is 2.25. The molecule has 0 aromatic heterocycles. The van der Waals surface area contributed by atoms with E-state index in [4.69, 9.17) is 19.6 Å². The number of rotatable bonds is 15. The minimum atomic E-state index is -4.31. The van der Waals surface area contributed by atoms with Crippen molar-refractivity contribution >= 4 is 15.2 Å². The molecule has 0 saturated carbocycles. The maximum absolute atomic E-state index is 11.0. The highest BCUT2D eigenvalue weighted by Crippen LogP contribution is 2.40. The third-order valence-corrected chi connectivity index (χ3v) is 5.13. The van der Waals surface area contributed by atoms with Crippen LogP contribution in [0.4, 0.5) is 0 Å². The van der Waals surface area contributed by atoms with Crippen LogP contribution in [0.1, 0.15) is 71.1 Å². The van der Waals surface area contributed by atoms with E-state index in [0.717, 1.165) is 19.3 Å². The zero-order chi connectivity index (χ0) is 17.8. The second-order valence-corrected chi connectivity index (χ2v) is 9.41. The second kappa shape index (κ2) is 12.6. The van der Waals surface area contributed by atoms with Gasteiger partial charge >= 0.3 is 15.2 Å². The Bertz CT molecular complexity index is 357. The third kappa shape index (κ3) is 18.4. The SMILES string of the molecule is CCCCCCCCCCCCN(CP(=O)(O)O)CP(=O)(O)O. The topological polar surface area (TPSA) is 118 Å². The molecule has 0 heterocycles. The Morgan fingerprint density at radius 1 is 0.652 bits per heavy atom. The van der Waals surface area contributed by atoms with Crippen molar-refractivity contribution in [1.82, 2.24) is 4.90 Å². The van der Waals surface area contributed by atoms with Crippen LogP contribution in [-0.2, 0) is 9.13 Å². The van der Waals surface area contributed by atoms with E-state index in [1.165, 1.54) is 43.4 Å². The van der Waals surface area contributed by atoms with E-state index in [-0.39, 0.29) is 0 Å². The summed E-state index contributed by atoms with van der Waals surface area (Å²) >= 11 is 0. The molecule has 4 N–H and O–H groups in total. The van der Waals surface area contributed by atoms with Gasteiger partial charge in [-0.25, -0.2) is 0 Å². The molecule has 0 radical (unpaired) electrons. The van der Waals surface area contributed by atoms with Gasteiger partial charge in [-0.15, -0.1) is 0 Å². The molecule has 0 unspecified atom stereocenters. The normalized spacial score (nSPS) is 13.0. The molecule has 0 spiro atoms. The molecule has 0 atom stereocenters. The lowest BCUT2D eigenvalue weighted by Crippen LogP contribution is -2.27. The smallest absolute Gasteiger partial charge is 0.324 e. The first kappa shape index (κ1) is 23.3. The van der Waals surface area contributed by atoms with Crippen LogP contribution in [0.3, 0.4) is 0 Å². The molecule has 0 rings (SSSR count). The highest BCUT2D eigenvalue weighted by atomic mass is 31.2. The molecule has 9 heteroatoms. The highest BCUT2D eigenvalue weighted by molar-refractivity contribution is 7.52. The van der Waals surface area contributed by atoms with Gasteiger partial charge in [0.15, 0.2) is 0 Å². The molecule has 0 bridgehead atoms. The number of hydrogen-bond acceptors (Lipinski definition) is 3. The van der Waals surface area contributed by atoms with Gasteiger partial charge in [0.1, 0.15) is 12.6 Å². The lowest BCUT2D eigenvalue weighted by Gasteiger charge is -2.22. The maximum atomic E-state index is 11.0. The molecule has 0 aromatic carbocycles. The van der Waals surface area contributed by atoms with Crippen molar-refractivity contribution < 1.29 is 28.7 Å². The Balaban J connectivity index is 3.78. The van der Waals surface area contributed by atoms with E-state index in [1.54, 1.807) is 0 Å². The molecule has 0 aliphatic rings. The van der Waals surface area contributed by atoms with Crippen LogP contribution in [0.15, 0.2) is 0 Å². The molecular weight excluding hydrogens is 340 g/mol. The van der Waals surface area contributed by atoms with Gasteiger partial charge in [0.05, 0.1) is 0 Å². The summed E-state index contributed by atoms with van der Waals surface area (Å²) in [5, 5.41) is 0. The van der Waals surface area contributed by atoms with Crippen LogP contribution in [0.5, 0.6) is 0 Å². The molecule has 0 aromatic rings. The van der Waals surface area contributed by atoms with Crippen LogP contribution in [0.25, 0.3) is 0 Å². The first-order valence-corrected chi connectivity index (χ1v) is 12.0. The van der Waals surface area contributed by atoms with Crippen molar-refractivity contribution in [3.05, 3.63) is 0 Å². The van der Waals surface area contributed by atoms with Crippen LogP contribution in [0, 0.1) is 0 Å². The van der Waals surface area contributed by atoms with E-state index in [0.29, 0.717) is 13.0 Å². The Kier molecular flexibility index (Phi) is 12.7. The summed E-state index contributed by atoms with van der Waals surface area (Å²) in [4.78, 5) is 37.0. The quantitative estimate of drug-likeness (QED) is 0.256. The molecule has 7 nitrogen and oxygen atoms in total. The van der Waals surface area contributed by atoms with Crippen molar-refractivity contribution in [2.24, 2.45) is 0 Å². The molecule has 0 saturated heterocycles. The van der Waals surface area contributed by atoms with E-state index in [1.807, 2.05) is 0 Å². The maximum Gasteiger partial charge on any atom is 0.339 e. The lowest BCUT2D eigenvalue weighted by atomic mass is 10.1. The van der Waals surface area contributed by atoms with Crippen molar-refractivity contribution in [3.8, 4) is 0 Å². The van der Waals surface area contributed by atoms with Crippen molar-refractivity contribution in [3.63, 3.8) is 0 Å². The zero-order valence-electron chi connectivity index (χ0n) is 14.1. The van der Waals surface area contributed by atoms with Gasteiger partial charge in [-0.1, -0.05) is 64.7 Å². The fourth-order valence-electron chi connectivity index (χ4n) is 2.53. The van der Waals surface area contributed by atoms with Crippen LogP contribution < -0.4 is 0 Å². The molecule has 0 fully saturated rings. The van der Waals surface area contributed by atoms with Crippen LogP contribution in [0.2, 0.25) is 0 Å². The van der Waals surface area contributed by atoms with Gasteiger partial charge in [-0.05, 0) is 13.0 Å². The van der Waals surface area contributed by atoms with Crippen LogP contribution >= 0.6 is 15.2 Å². The summed E-state index contributed by atoms with van der Waals surface area (Å²) < 4.78 is 22.0. The summed E-state index contributed by atoms with van der Waals surface area (Å²) in [5.41, 5.74) is 0. The van der Waals surface area contributed by atoms with E-state index < -0.39 is 27.8 Å². The predicted molar refractivity (Wildman–Crippen MR) is 92.4 cm³/mol. The Morgan fingerprint density at radius 2 is 1.00 bits per heavy atom. The summed E-state index contributed by atoms with van der Waals surface area (Å²) in [6.45, 7) is 2.49. The summed E-state index contributed by atoms with van der Waals surface area (Å²) in [5.74, 6) is 0. The molecule has 140 valence electrons. The number of nitrogens with zero attached hydrogens (tertiary/aromatic N) is 1. The third-order valence-electron chi connectivity index (χ3n) is 3.60. The monoisotopic (exact) mass is 373 g/mol. The molecule has 0 amide bonds. The van der Waals surface area contributed by atoms with Gasteiger partial charge in [0.25, 0.3) is 0 Å². The van der Waals surface area contributed by atoms with Crippen molar-refractivity contribution in [2.75, 3.05) is 19.1 Å². The second-order valence-electron chi connectivity index (χ2n) is 6.19. The summed E-state index contributed by atoms with van der Waals surface area (Å²) in [6, 6.07) is 0. The van der Waals surface area contributed by atoms with Gasteiger partial charge < -0.3 is 19.6 Å². The van der Waals surface area contributed by atoms with Gasteiger partial charge in [-0.3, -0.25) is 14.0 Å². The van der Waals surface area contributed by atoms with Crippen molar-refractivity contribution in [2.45, 2.75) is 71.1 Å². The first-order chi connectivity index (χ1) is 10.6. The first-order valence-electron chi connectivity index (χ1n) is 8.45. The van der Waals surface area contributed by atoms with Gasteiger partial charge in [-0.2, -0.15) is 0 Å². The molecule has 0 aliphatic carbocycles. The average Bonchev–Trinajstić information content (AvgIpc) is 2.37. The van der Waals surface area contributed by atoms with E-state index in [9.17, 15) is 9.13 Å². The minimum Gasteiger partial charge on any atom is -0.324 e. The molecule has 23 heavy (non-hydrogen) atoms. The zero-order valence-corrected chi connectivity index (χ0v) is 15.9. The average molecular weight is 373 g/mol. The molecule has 0 aliphatic heterocycles. The Labute approximate surface area is 139 Å².